The molecule has 0 aromatic rings. The topological polar surface area (TPSA) is 35.5 Å². The number of carbonyl (C=O) groups excluding carboxylic acids is 1. The van der Waals surface area contributed by atoms with Crippen molar-refractivity contribution in [1.29, 1.82) is 0 Å². The van der Waals surface area contributed by atoms with Crippen LogP contribution in [-0.2, 0) is 14.3 Å². The van der Waals surface area contributed by atoms with Crippen LogP contribution in [0.5, 0.6) is 0 Å². The summed E-state index contributed by atoms with van der Waals surface area (Å²) in [6.07, 6.45) is 0.323. The number of hydrogen-bond acceptors (Lipinski definition) is 3. The third-order valence-corrected chi connectivity index (χ3v) is 3.31. The number of rotatable bonds is 3. The van der Waals surface area contributed by atoms with Crippen LogP contribution in [0.4, 0.5) is 0 Å². The third-order valence-electron chi connectivity index (χ3n) is 3.31. The van der Waals surface area contributed by atoms with E-state index >= 15 is 0 Å². The molecule has 1 aliphatic rings. The van der Waals surface area contributed by atoms with Crippen molar-refractivity contribution in [2.24, 2.45) is 5.41 Å². The molecular formula is C10H18O3. The number of esters is 1. The summed E-state index contributed by atoms with van der Waals surface area (Å²) in [6, 6.07) is 0. The molecule has 3 heteroatoms. The van der Waals surface area contributed by atoms with E-state index < -0.39 is 0 Å². The number of carbonyl (C=O) groups is 1. The lowest BCUT2D eigenvalue weighted by Crippen LogP contribution is -2.17. The summed E-state index contributed by atoms with van der Waals surface area (Å²) in [4.78, 5) is 11.1. The molecule has 0 aliphatic heterocycles. The van der Waals surface area contributed by atoms with E-state index in [-0.39, 0.29) is 23.1 Å². The first-order valence-electron chi connectivity index (χ1n) is 4.64. The molecule has 0 radical (unpaired) electrons. The van der Waals surface area contributed by atoms with Crippen LogP contribution >= 0.6 is 0 Å². The number of hydrogen-bond donors (Lipinski definition) is 0. The second-order valence-corrected chi connectivity index (χ2v) is 4.26. The van der Waals surface area contributed by atoms with E-state index in [9.17, 15) is 4.79 Å². The molecule has 3 nitrogen and oxygen atoms in total. The van der Waals surface area contributed by atoms with Crippen molar-refractivity contribution in [2.75, 3.05) is 7.11 Å². The summed E-state index contributed by atoms with van der Waals surface area (Å²) in [6.45, 7) is 7.86. The largest absolute Gasteiger partial charge is 0.459 e. The molecule has 0 aromatic carbocycles. The third kappa shape index (κ3) is 1.35. The lowest BCUT2D eigenvalue weighted by Gasteiger charge is -2.09. The van der Waals surface area contributed by atoms with Crippen molar-refractivity contribution in [3.8, 4) is 0 Å². The summed E-state index contributed by atoms with van der Waals surface area (Å²) in [5, 5.41) is 0. The molecule has 13 heavy (non-hydrogen) atoms. The van der Waals surface area contributed by atoms with Crippen LogP contribution in [0.1, 0.15) is 34.1 Å². The Hall–Kier alpha value is -0.570. The quantitative estimate of drug-likeness (QED) is 0.630. The molecule has 1 fully saturated rings. The van der Waals surface area contributed by atoms with Crippen LogP contribution in [0.15, 0.2) is 0 Å². The van der Waals surface area contributed by atoms with Gasteiger partial charge in [0.1, 0.15) is 11.7 Å². The van der Waals surface area contributed by atoms with Gasteiger partial charge in [-0.05, 0) is 6.92 Å². The van der Waals surface area contributed by atoms with Crippen molar-refractivity contribution in [3.05, 3.63) is 0 Å². The molecule has 0 aromatic heterocycles. The summed E-state index contributed by atoms with van der Waals surface area (Å²) in [5.41, 5.74) is -0.371. The Morgan fingerprint density at radius 2 is 1.92 bits per heavy atom. The van der Waals surface area contributed by atoms with Crippen molar-refractivity contribution in [3.63, 3.8) is 0 Å². The van der Waals surface area contributed by atoms with Gasteiger partial charge >= 0.3 is 5.97 Å². The Balaban J connectivity index is 2.61. The summed E-state index contributed by atoms with van der Waals surface area (Å²) in [5.74, 6) is -0.154. The first-order chi connectivity index (χ1) is 5.90. The highest BCUT2D eigenvalue weighted by atomic mass is 16.6. The van der Waals surface area contributed by atoms with Crippen molar-refractivity contribution in [1.82, 2.24) is 0 Å². The summed E-state index contributed by atoms with van der Waals surface area (Å²) >= 11 is 0. The van der Waals surface area contributed by atoms with E-state index in [2.05, 4.69) is 0 Å². The predicted molar refractivity (Wildman–Crippen MR) is 49.4 cm³/mol. The second kappa shape index (κ2) is 2.98. The van der Waals surface area contributed by atoms with Gasteiger partial charge in [-0.25, -0.2) is 0 Å². The second-order valence-electron chi connectivity index (χ2n) is 4.26. The maximum atomic E-state index is 11.1. The van der Waals surface area contributed by atoms with Gasteiger partial charge < -0.3 is 9.47 Å². The first kappa shape index (κ1) is 10.5. The van der Waals surface area contributed by atoms with E-state index in [0.29, 0.717) is 6.42 Å². The monoisotopic (exact) mass is 186 g/mol. The minimum atomic E-state index is -0.308. The normalized spacial score (nSPS) is 35.6. The van der Waals surface area contributed by atoms with Crippen LogP contribution in [0.2, 0.25) is 0 Å². The fourth-order valence-corrected chi connectivity index (χ4v) is 1.73. The molecule has 0 heterocycles. The van der Waals surface area contributed by atoms with E-state index in [4.69, 9.17) is 9.47 Å². The molecule has 0 spiro atoms. The molecule has 2 unspecified atom stereocenters. The van der Waals surface area contributed by atoms with Crippen LogP contribution in [0, 0.1) is 5.41 Å². The van der Waals surface area contributed by atoms with Crippen molar-refractivity contribution >= 4 is 5.97 Å². The molecule has 0 N–H and O–H groups in total. The highest BCUT2D eigenvalue weighted by molar-refractivity contribution is 5.69. The molecule has 0 bridgehead atoms. The van der Waals surface area contributed by atoms with Crippen LogP contribution < -0.4 is 0 Å². The van der Waals surface area contributed by atoms with E-state index in [1.807, 2.05) is 20.8 Å². The van der Waals surface area contributed by atoms with Gasteiger partial charge in [-0.15, -0.1) is 0 Å². The van der Waals surface area contributed by atoms with Crippen molar-refractivity contribution in [2.45, 2.75) is 45.8 Å². The van der Waals surface area contributed by atoms with E-state index in [1.54, 1.807) is 14.0 Å². The predicted octanol–water partition coefficient (Wildman–Crippen LogP) is 1.75. The molecule has 1 rings (SSSR count). The molecule has 1 saturated carbocycles. The SMILES string of the molecule is CCC(=O)OC1C(C)(C)C1(C)OC. The van der Waals surface area contributed by atoms with Gasteiger partial charge in [0, 0.05) is 18.9 Å². The zero-order valence-corrected chi connectivity index (χ0v) is 9.01. The lowest BCUT2D eigenvalue weighted by atomic mass is 10.1. The van der Waals surface area contributed by atoms with Gasteiger partial charge in [-0.2, -0.15) is 0 Å². The zero-order valence-electron chi connectivity index (χ0n) is 9.01. The van der Waals surface area contributed by atoms with Gasteiger partial charge in [0.05, 0.1) is 0 Å². The molecule has 0 saturated heterocycles. The fraction of sp³-hybridized carbons (Fsp3) is 0.900. The molecule has 1 aliphatic carbocycles. The maximum absolute atomic E-state index is 11.1. The van der Waals surface area contributed by atoms with Gasteiger partial charge in [-0.1, -0.05) is 20.8 Å². The van der Waals surface area contributed by atoms with Gasteiger partial charge in [-0.3, -0.25) is 4.79 Å². The zero-order chi connectivity index (χ0) is 10.3. The van der Waals surface area contributed by atoms with Crippen LogP contribution in [0.3, 0.4) is 0 Å². The summed E-state index contributed by atoms with van der Waals surface area (Å²) in [7, 11) is 1.65. The highest BCUT2D eigenvalue weighted by Crippen LogP contribution is 2.59. The number of ether oxygens (including phenoxy) is 2. The highest BCUT2D eigenvalue weighted by Gasteiger charge is 2.72. The fourth-order valence-electron chi connectivity index (χ4n) is 1.73. The van der Waals surface area contributed by atoms with E-state index in [1.165, 1.54) is 0 Å². The molecular weight excluding hydrogens is 168 g/mol. The minimum Gasteiger partial charge on any atom is -0.459 e. The Morgan fingerprint density at radius 3 is 2.23 bits per heavy atom. The smallest absolute Gasteiger partial charge is 0.305 e. The lowest BCUT2D eigenvalue weighted by molar-refractivity contribution is -0.147. The Labute approximate surface area is 79.4 Å². The average Bonchev–Trinajstić information content (AvgIpc) is 2.51. The Kier molecular flexibility index (Phi) is 2.41. The molecule has 76 valence electrons. The van der Waals surface area contributed by atoms with Gasteiger partial charge in [0.2, 0.25) is 0 Å². The number of methoxy groups -OCH3 is 1. The average molecular weight is 186 g/mol. The minimum absolute atomic E-state index is 0.0629. The standard InChI is InChI=1S/C10H18O3/c1-6-7(11)13-8-9(2,3)10(8,4)12-5/h8H,6H2,1-5H3. The van der Waals surface area contributed by atoms with Crippen LogP contribution in [0.25, 0.3) is 0 Å². The van der Waals surface area contributed by atoms with Crippen molar-refractivity contribution < 1.29 is 14.3 Å². The Bertz CT molecular complexity index is 222. The van der Waals surface area contributed by atoms with E-state index in [0.717, 1.165) is 0 Å². The van der Waals surface area contributed by atoms with Gasteiger partial charge in [0.25, 0.3) is 0 Å². The molecule has 0 amide bonds. The summed E-state index contributed by atoms with van der Waals surface area (Å²) < 4.78 is 10.6. The maximum Gasteiger partial charge on any atom is 0.305 e. The van der Waals surface area contributed by atoms with Gasteiger partial charge in [0.15, 0.2) is 0 Å². The van der Waals surface area contributed by atoms with Crippen LogP contribution in [-0.4, -0.2) is 24.8 Å². The first-order valence-corrected chi connectivity index (χ1v) is 4.64. The molecule has 2 atom stereocenters. The Morgan fingerprint density at radius 1 is 1.38 bits per heavy atom.